The van der Waals surface area contributed by atoms with E-state index >= 15 is 0 Å². The predicted molar refractivity (Wildman–Crippen MR) is 71.0 cm³/mol. The lowest BCUT2D eigenvalue weighted by Gasteiger charge is -2.09. The molecule has 0 aliphatic heterocycles. The Morgan fingerprint density at radius 3 is 2.48 bits per heavy atom. The highest BCUT2D eigenvalue weighted by molar-refractivity contribution is 7.94. The fourth-order valence-corrected chi connectivity index (χ4v) is 3.65. The molecule has 0 aliphatic carbocycles. The zero-order valence-electron chi connectivity index (χ0n) is 10.4. The fourth-order valence-electron chi connectivity index (χ4n) is 1.47. The van der Waals surface area contributed by atoms with Crippen LogP contribution >= 0.6 is 11.3 Å². The maximum atomic E-state index is 13.2. The van der Waals surface area contributed by atoms with Crippen molar-refractivity contribution in [1.82, 2.24) is 4.98 Å². The van der Waals surface area contributed by atoms with E-state index in [2.05, 4.69) is 4.98 Å². The SMILES string of the molecule is Cc1ncc(S(=O)(=O)Nc2cc(F)c(F)cc2C(=O)O)s1. The van der Waals surface area contributed by atoms with Crippen molar-refractivity contribution >= 4 is 33.0 Å². The first-order chi connectivity index (χ1) is 9.70. The van der Waals surface area contributed by atoms with Gasteiger partial charge in [-0.25, -0.2) is 27.0 Å². The predicted octanol–water partition coefficient (Wildman–Crippen LogP) is 2.23. The molecule has 6 nitrogen and oxygen atoms in total. The van der Waals surface area contributed by atoms with Gasteiger partial charge in [-0.1, -0.05) is 0 Å². The number of hydrogen-bond donors (Lipinski definition) is 2. The summed E-state index contributed by atoms with van der Waals surface area (Å²) in [6, 6.07) is 0.887. The second-order valence-corrected chi connectivity index (χ2v) is 7.06. The van der Waals surface area contributed by atoms with Gasteiger partial charge in [-0.15, -0.1) is 11.3 Å². The lowest BCUT2D eigenvalue weighted by atomic mass is 10.2. The van der Waals surface area contributed by atoms with Crippen LogP contribution in [0.25, 0.3) is 0 Å². The largest absolute Gasteiger partial charge is 0.478 e. The summed E-state index contributed by atoms with van der Waals surface area (Å²) in [5, 5.41) is 9.40. The zero-order chi connectivity index (χ0) is 15.8. The maximum absolute atomic E-state index is 13.2. The molecule has 0 radical (unpaired) electrons. The molecule has 2 rings (SSSR count). The van der Waals surface area contributed by atoms with Gasteiger partial charge in [-0.3, -0.25) is 4.72 Å². The number of hydrogen-bond acceptors (Lipinski definition) is 5. The number of aromatic nitrogens is 1. The number of aryl methyl sites for hydroxylation is 1. The van der Waals surface area contributed by atoms with Crippen LogP contribution in [0.2, 0.25) is 0 Å². The van der Waals surface area contributed by atoms with Gasteiger partial charge < -0.3 is 5.11 Å². The van der Waals surface area contributed by atoms with Crippen LogP contribution < -0.4 is 4.72 Å². The Labute approximate surface area is 122 Å². The Hall–Kier alpha value is -2.07. The van der Waals surface area contributed by atoms with Gasteiger partial charge in [0, 0.05) is 6.07 Å². The minimum Gasteiger partial charge on any atom is -0.478 e. The minimum absolute atomic E-state index is 0.166. The molecule has 0 spiro atoms. The molecule has 1 heterocycles. The van der Waals surface area contributed by atoms with Gasteiger partial charge in [0.2, 0.25) is 0 Å². The first kappa shape index (κ1) is 15.3. The number of carbonyl (C=O) groups is 1. The van der Waals surface area contributed by atoms with Gasteiger partial charge in [-0.05, 0) is 13.0 Å². The van der Waals surface area contributed by atoms with E-state index in [-0.39, 0.29) is 4.21 Å². The fraction of sp³-hybridized carbons (Fsp3) is 0.0909. The van der Waals surface area contributed by atoms with Crippen molar-refractivity contribution in [2.24, 2.45) is 0 Å². The van der Waals surface area contributed by atoms with Crippen molar-refractivity contribution in [3.8, 4) is 0 Å². The number of thiazole rings is 1. The molecule has 21 heavy (non-hydrogen) atoms. The van der Waals surface area contributed by atoms with Crippen LogP contribution in [0, 0.1) is 18.6 Å². The van der Waals surface area contributed by atoms with E-state index in [1.54, 1.807) is 6.92 Å². The Balaban J connectivity index is 2.48. The summed E-state index contributed by atoms with van der Waals surface area (Å²) in [6.07, 6.45) is 1.09. The van der Waals surface area contributed by atoms with Crippen LogP contribution in [0.1, 0.15) is 15.4 Å². The van der Waals surface area contributed by atoms with E-state index in [1.165, 1.54) is 0 Å². The molecule has 1 aromatic carbocycles. The van der Waals surface area contributed by atoms with E-state index < -0.39 is 38.9 Å². The van der Waals surface area contributed by atoms with Crippen molar-refractivity contribution in [1.29, 1.82) is 0 Å². The topological polar surface area (TPSA) is 96.4 Å². The molecule has 0 aliphatic rings. The Morgan fingerprint density at radius 2 is 1.95 bits per heavy atom. The maximum Gasteiger partial charge on any atom is 0.337 e. The number of nitrogens with zero attached hydrogens (tertiary/aromatic N) is 1. The highest BCUT2D eigenvalue weighted by Crippen LogP contribution is 2.25. The summed E-state index contributed by atoms with van der Waals surface area (Å²) in [6.45, 7) is 1.59. The molecule has 112 valence electrons. The molecular weight excluding hydrogens is 326 g/mol. The molecule has 0 fully saturated rings. The molecule has 0 unspecified atom stereocenters. The van der Waals surface area contributed by atoms with E-state index in [0.29, 0.717) is 17.1 Å². The van der Waals surface area contributed by atoms with Crippen molar-refractivity contribution in [2.45, 2.75) is 11.1 Å². The van der Waals surface area contributed by atoms with Crippen molar-refractivity contribution in [2.75, 3.05) is 4.72 Å². The second kappa shape index (κ2) is 5.37. The molecule has 0 saturated carbocycles. The normalized spacial score (nSPS) is 11.4. The summed E-state index contributed by atoms with van der Waals surface area (Å²) < 4.78 is 52.1. The Kier molecular flexibility index (Phi) is 3.92. The molecule has 0 atom stereocenters. The standard InChI is InChI=1S/C11H8F2N2O4S2/c1-5-14-4-10(20-5)21(18,19)15-9-3-8(13)7(12)2-6(9)11(16)17/h2-4,15H,1H3,(H,16,17). The molecule has 0 amide bonds. The van der Waals surface area contributed by atoms with E-state index in [9.17, 15) is 22.0 Å². The van der Waals surface area contributed by atoms with Crippen molar-refractivity contribution in [3.63, 3.8) is 0 Å². The summed E-state index contributed by atoms with van der Waals surface area (Å²) in [5.74, 6) is -4.34. The van der Waals surface area contributed by atoms with Crippen molar-refractivity contribution in [3.05, 3.63) is 40.5 Å². The highest BCUT2D eigenvalue weighted by atomic mass is 32.2. The molecule has 1 aromatic heterocycles. The quantitative estimate of drug-likeness (QED) is 0.894. The number of rotatable bonds is 4. The smallest absolute Gasteiger partial charge is 0.337 e. The van der Waals surface area contributed by atoms with Crippen molar-refractivity contribution < 1.29 is 27.1 Å². The third kappa shape index (κ3) is 3.16. The third-order valence-corrected chi connectivity index (χ3v) is 5.14. The van der Waals surface area contributed by atoms with Gasteiger partial charge in [-0.2, -0.15) is 0 Å². The summed E-state index contributed by atoms with van der Waals surface area (Å²) in [7, 11) is -4.12. The van der Waals surface area contributed by atoms with Crippen LogP contribution in [0.3, 0.4) is 0 Å². The highest BCUT2D eigenvalue weighted by Gasteiger charge is 2.22. The third-order valence-electron chi connectivity index (χ3n) is 2.40. The number of halogens is 2. The molecule has 0 bridgehead atoms. The number of carboxylic acids is 1. The summed E-state index contributed by atoms with van der Waals surface area (Å²) in [4.78, 5) is 14.7. The lowest BCUT2D eigenvalue weighted by molar-refractivity contribution is 0.0697. The number of sulfonamides is 1. The average Bonchev–Trinajstić information content (AvgIpc) is 2.80. The number of anilines is 1. The number of nitrogens with one attached hydrogen (secondary N) is 1. The zero-order valence-corrected chi connectivity index (χ0v) is 12.1. The second-order valence-electron chi connectivity index (χ2n) is 3.92. The first-order valence-electron chi connectivity index (χ1n) is 5.38. The molecule has 2 aromatic rings. The van der Waals surface area contributed by atoms with Crippen LogP contribution in [-0.2, 0) is 10.0 Å². The summed E-state index contributed by atoms with van der Waals surface area (Å²) >= 11 is 0.859. The number of carboxylic acid groups (broad SMARTS) is 1. The lowest BCUT2D eigenvalue weighted by Crippen LogP contribution is -2.15. The van der Waals surface area contributed by atoms with Gasteiger partial charge in [0.1, 0.15) is 0 Å². The van der Waals surface area contributed by atoms with Crippen LogP contribution in [0.15, 0.2) is 22.5 Å². The molecule has 10 heteroatoms. The first-order valence-corrected chi connectivity index (χ1v) is 7.68. The van der Waals surface area contributed by atoms with Gasteiger partial charge in [0.15, 0.2) is 15.8 Å². The van der Waals surface area contributed by atoms with E-state index in [4.69, 9.17) is 5.11 Å². The van der Waals surface area contributed by atoms with E-state index in [1.807, 2.05) is 4.72 Å². The van der Waals surface area contributed by atoms with Crippen LogP contribution in [-0.4, -0.2) is 24.5 Å². The summed E-state index contributed by atoms with van der Waals surface area (Å²) in [5.41, 5.74) is -1.26. The number of aromatic carboxylic acids is 1. The Bertz CT molecular complexity index is 818. The van der Waals surface area contributed by atoms with E-state index in [0.717, 1.165) is 17.5 Å². The van der Waals surface area contributed by atoms with Gasteiger partial charge >= 0.3 is 5.97 Å². The monoisotopic (exact) mass is 334 g/mol. The van der Waals surface area contributed by atoms with Gasteiger partial charge in [0.25, 0.3) is 10.0 Å². The molecular formula is C11H8F2N2O4S2. The number of benzene rings is 1. The van der Waals surface area contributed by atoms with Gasteiger partial charge in [0.05, 0.1) is 22.5 Å². The Morgan fingerprint density at radius 1 is 1.33 bits per heavy atom. The molecule has 2 N–H and O–H groups in total. The average molecular weight is 334 g/mol. The van der Waals surface area contributed by atoms with Crippen LogP contribution in [0.5, 0.6) is 0 Å². The minimum atomic E-state index is -4.12. The molecule has 0 saturated heterocycles. The van der Waals surface area contributed by atoms with Crippen LogP contribution in [0.4, 0.5) is 14.5 Å².